The van der Waals surface area contributed by atoms with E-state index in [2.05, 4.69) is 10.6 Å². The maximum absolute atomic E-state index is 11.7. The smallest absolute Gasteiger partial charge is 0.250 e. The van der Waals surface area contributed by atoms with Gasteiger partial charge in [-0.3, -0.25) is 4.79 Å². The van der Waals surface area contributed by atoms with Crippen molar-refractivity contribution < 1.29 is 4.79 Å². The number of aromatic nitrogens is 1. The van der Waals surface area contributed by atoms with Crippen LogP contribution in [0.5, 0.6) is 0 Å². The molecule has 118 valence electrons. The van der Waals surface area contributed by atoms with Crippen LogP contribution in [0.25, 0.3) is 11.3 Å². The lowest BCUT2D eigenvalue weighted by atomic mass is 10.1. The second-order valence-electron chi connectivity index (χ2n) is 5.65. The van der Waals surface area contributed by atoms with E-state index in [1.807, 2.05) is 55.5 Å². The summed E-state index contributed by atoms with van der Waals surface area (Å²) >= 11 is 0. The summed E-state index contributed by atoms with van der Waals surface area (Å²) < 4.78 is 2.08. The molecule has 2 aromatic carbocycles. The van der Waals surface area contributed by atoms with Crippen LogP contribution >= 0.6 is 0 Å². The molecule has 1 amide bonds. The molecule has 1 heterocycles. The van der Waals surface area contributed by atoms with Gasteiger partial charge in [-0.1, -0.05) is 42.5 Å². The average Bonchev–Trinajstić information content (AvgIpc) is 2.93. The van der Waals surface area contributed by atoms with Gasteiger partial charge in [0.15, 0.2) is 0 Å². The molecule has 24 heavy (non-hydrogen) atoms. The molecule has 0 aliphatic rings. The Morgan fingerprint density at radius 1 is 1.12 bits per heavy atom. The Morgan fingerprint density at radius 2 is 1.79 bits per heavy atom. The number of carbonyl (C=O) groups excluding carboxylic acids is 1. The first kappa shape index (κ1) is 15.6. The van der Waals surface area contributed by atoms with Crippen LogP contribution in [0.15, 0.2) is 60.7 Å². The van der Waals surface area contributed by atoms with E-state index < -0.39 is 5.91 Å². The van der Waals surface area contributed by atoms with Gasteiger partial charge in [-0.25, -0.2) is 0 Å². The van der Waals surface area contributed by atoms with Crippen molar-refractivity contribution in [2.75, 3.05) is 0 Å². The molecule has 4 nitrogen and oxygen atoms in total. The number of primary amides is 1. The number of amides is 1. The number of carbonyl (C=O) groups is 1. The molecule has 0 radical (unpaired) electrons. The van der Waals surface area contributed by atoms with Gasteiger partial charge in [-0.15, -0.1) is 0 Å². The van der Waals surface area contributed by atoms with Crippen molar-refractivity contribution in [1.82, 2.24) is 4.57 Å². The van der Waals surface area contributed by atoms with Crippen molar-refractivity contribution in [3.05, 3.63) is 83.0 Å². The molecule has 2 N–H and O–H groups in total. The summed E-state index contributed by atoms with van der Waals surface area (Å²) in [4.78, 5) is 11.7. The van der Waals surface area contributed by atoms with Gasteiger partial charge in [0.1, 0.15) is 0 Å². The van der Waals surface area contributed by atoms with Gasteiger partial charge in [-0.05, 0) is 36.2 Å². The zero-order valence-electron chi connectivity index (χ0n) is 13.4. The fraction of sp³-hybridized carbons (Fsp3) is 0.100. The quantitative estimate of drug-likeness (QED) is 0.800. The molecule has 0 spiro atoms. The second kappa shape index (κ2) is 6.43. The topological polar surface area (TPSA) is 71.8 Å². The first-order valence-corrected chi connectivity index (χ1v) is 7.64. The van der Waals surface area contributed by atoms with E-state index in [4.69, 9.17) is 11.0 Å². The summed E-state index contributed by atoms with van der Waals surface area (Å²) in [7, 11) is 0. The average molecular weight is 315 g/mol. The third-order valence-electron chi connectivity index (χ3n) is 4.13. The summed E-state index contributed by atoms with van der Waals surface area (Å²) in [5.41, 5.74) is 10.5. The largest absolute Gasteiger partial charge is 0.366 e. The van der Waals surface area contributed by atoms with E-state index in [0.29, 0.717) is 17.7 Å². The van der Waals surface area contributed by atoms with Gasteiger partial charge < -0.3 is 10.3 Å². The zero-order chi connectivity index (χ0) is 17.1. The van der Waals surface area contributed by atoms with E-state index in [1.165, 1.54) is 0 Å². The lowest BCUT2D eigenvalue weighted by molar-refractivity contribution is 0.0999. The fourth-order valence-corrected chi connectivity index (χ4v) is 2.82. The molecule has 3 rings (SSSR count). The van der Waals surface area contributed by atoms with Gasteiger partial charge in [0.25, 0.3) is 5.91 Å². The van der Waals surface area contributed by atoms with Crippen molar-refractivity contribution in [3.8, 4) is 17.3 Å². The van der Waals surface area contributed by atoms with Crippen LogP contribution in [-0.2, 0) is 6.54 Å². The molecule has 4 heteroatoms. The van der Waals surface area contributed by atoms with Crippen molar-refractivity contribution in [1.29, 1.82) is 5.26 Å². The number of hydrogen-bond donors (Lipinski definition) is 1. The van der Waals surface area contributed by atoms with Crippen molar-refractivity contribution >= 4 is 5.91 Å². The summed E-state index contributed by atoms with van der Waals surface area (Å²) in [6, 6.07) is 21.3. The van der Waals surface area contributed by atoms with Crippen molar-refractivity contribution in [2.24, 2.45) is 5.73 Å². The number of nitrogens with zero attached hydrogens (tertiary/aromatic N) is 2. The third-order valence-corrected chi connectivity index (χ3v) is 4.13. The molecule has 0 bridgehead atoms. The Hall–Kier alpha value is -3.32. The van der Waals surface area contributed by atoms with Gasteiger partial charge >= 0.3 is 0 Å². The van der Waals surface area contributed by atoms with E-state index in [-0.39, 0.29) is 0 Å². The minimum atomic E-state index is -0.436. The molecule has 0 fully saturated rings. The van der Waals surface area contributed by atoms with Crippen LogP contribution in [0.3, 0.4) is 0 Å². The SMILES string of the molecule is Cc1c(C(N)=O)cc(-c2ccc(C#N)cc2)n1Cc1ccccc1. The highest BCUT2D eigenvalue weighted by molar-refractivity contribution is 5.95. The van der Waals surface area contributed by atoms with Crippen LogP contribution < -0.4 is 5.73 Å². The summed E-state index contributed by atoms with van der Waals surface area (Å²) in [5, 5.41) is 8.95. The van der Waals surface area contributed by atoms with Crippen LogP contribution in [0, 0.1) is 18.3 Å². The summed E-state index contributed by atoms with van der Waals surface area (Å²) in [6.45, 7) is 2.55. The molecule has 1 aromatic heterocycles. The van der Waals surface area contributed by atoms with Crippen LogP contribution in [-0.4, -0.2) is 10.5 Å². The van der Waals surface area contributed by atoms with E-state index in [9.17, 15) is 4.79 Å². The maximum atomic E-state index is 11.7. The Bertz CT molecular complexity index is 916. The molecule has 0 aliphatic heterocycles. The maximum Gasteiger partial charge on any atom is 0.250 e. The Morgan fingerprint density at radius 3 is 2.38 bits per heavy atom. The molecule has 0 saturated carbocycles. The first-order chi connectivity index (χ1) is 11.6. The molecular weight excluding hydrogens is 298 g/mol. The normalized spacial score (nSPS) is 10.3. The predicted octanol–water partition coefficient (Wildman–Crippen LogP) is 3.48. The number of nitrogens with two attached hydrogens (primary N) is 1. The highest BCUT2D eigenvalue weighted by Gasteiger charge is 2.17. The summed E-state index contributed by atoms with van der Waals surface area (Å²) in [5.74, 6) is -0.436. The Balaban J connectivity index is 2.11. The molecular formula is C20H17N3O. The fourth-order valence-electron chi connectivity index (χ4n) is 2.82. The first-order valence-electron chi connectivity index (χ1n) is 7.64. The summed E-state index contributed by atoms with van der Waals surface area (Å²) in [6.07, 6.45) is 0. The lowest BCUT2D eigenvalue weighted by Crippen LogP contribution is -2.12. The molecule has 0 atom stereocenters. The second-order valence-corrected chi connectivity index (χ2v) is 5.65. The Labute approximate surface area is 140 Å². The number of hydrogen-bond acceptors (Lipinski definition) is 2. The highest BCUT2D eigenvalue weighted by Crippen LogP contribution is 2.27. The zero-order valence-corrected chi connectivity index (χ0v) is 13.4. The number of nitriles is 1. The minimum absolute atomic E-state index is 0.436. The minimum Gasteiger partial charge on any atom is -0.366 e. The monoisotopic (exact) mass is 315 g/mol. The Kier molecular flexibility index (Phi) is 4.17. The van der Waals surface area contributed by atoms with E-state index >= 15 is 0 Å². The van der Waals surface area contributed by atoms with Crippen LogP contribution in [0.1, 0.15) is 27.2 Å². The standard InChI is InChI=1S/C20H17N3O/c1-14-18(20(22)24)11-19(17-9-7-15(12-21)8-10-17)23(14)13-16-5-3-2-4-6-16/h2-11H,13H2,1H3,(H2,22,24). The molecule has 0 saturated heterocycles. The molecule has 3 aromatic rings. The lowest BCUT2D eigenvalue weighted by Gasteiger charge is -2.12. The molecule has 0 unspecified atom stereocenters. The third kappa shape index (κ3) is 2.92. The molecule has 0 aliphatic carbocycles. The predicted molar refractivity (Wildman–Crippen MR) is 93.4 cm³/mol. The van der Waals surface area contributed by atoms with Crippen molar-refractivity contribution in [3.63, 3.8) is 0 Å². The van der Waals surface area contributed by atoms with Gasteiger partial charge in [0, 0.05) is 17.9 Å². The van der Waals surface area contributed by atoms with Gasteiger partial charge in [0.2, 0.25) is 0 Å². The van der Waals surface area contributed by atoms with Gasteiger partial charge in [0.05, 0.1) is 17.2 Å². The van der Waals surface area contributed by atoms with Crippen LogP contribution in [0.4, 0.5) is 0 Å². The van der Waals surface area contributed by atoms with E-state index in [1.54, 1.807) is 12.1 Å². The van der Waals surface area contributed by atoms with E-state index in [0.717, 1.165) is 22.5 Å². The van der Waals surface area contributed by atoms with Crippen molar-refractivity contribution in [2.45, 2.75) is 13.5 Å². The van der Waals surface area contributed by atoms with Crippen LogP contribution in [0.2, 0.25) is 0 Å². The van der Waals surface area contributed by atoms with Gasteiger partial charge in [-0.2, -0.15) is 5.26 Å². The number of benzene rings is 2. The number of rotatable bonds is 4. The highest BCUT2D eigenvalue weighted by atomic mass is 16.1.